The lowest BCUT2D eigenvalue weighted by molar-refractivity contribution is -0.124. The monoisotopic (exact) mass is 312 g/mol. The molecule has 1 aliphatic heterocycles. The summed E-state index contributed by atoms with van der Waals surface area (Å²) in [4.78, 5) is 12.0. The van der Waals surface area contributed by atoms with Crippen LogP contribution in [0.25, 0.3) is 0 Å². The smallest absolute Gasteiger partial charge is 0.237 e. The minimum absolute atomic E-state index is 0.0330. The fourth-order valence-electron chi connectivity index (χ4n) is 1.96. The molecule has 1 heterocycles. The SMILES string of the molecule is CC(NCc1cc(Cl)c2c(c1)OCO2)C(=O)NC(C)(C)C. The molecule has 1 atom stereocenters. The van der Waals surface area contributed by atoms with Crippen molar-refractivity contribution in [1.29, 1.82) is 0 Å². The Labute approximate surface area is 130 Å². The first-order chi connectivity index (χ1) is 9.76. The summed E-state index contributed by atoms with van der Waals surface area (Å²) in [5.41, 5.74) is 0.703. The topological polar surface area (TPSA) is 59.6 Å². The molecule has 0 aromatic heterocycles. The Morgan fingerprint density at radius 1 is 1.38 bits per heavy atom. The molecule has 0 spiro atoms. The molecule has 1 aromatic carbocycles. The van der Waals surface area contributed by atoms with Crippen LogP contribution < -0.4 is 20.1 Å². The summed E-state index contributed by atoms with van der Waals surface area (Å²) < 4.78 is 10.6. The Hall–Kier alpha value is -1.46. The first-order valence-electron chi connectivity index (χ1n) is 6.90. The number of ether oxygens (including phenoxy) is 2. The highest BCUT2D eigenvalue weighted by molar-refractivity contribution is 6.32. The van der Waals surface area contributed by atoms with Crippen LogP contribution in [0.3, 0.4) is 0 Å². The fraction of sp³-hybridized carbons (Fsp3) is 0.533. The van der Waals surface area contributed by atoms with Gasteiger partial charge in [0.25, 0.3) is 0 Å². The number of amides is 1. The van der Waals surface area contributed by atoms with E-state index in [-0.39, 0.29) is 24.3 Å². The molecule has 1 aromatic rings. The molecule has 0 fully saturated rings. The number of nitrogens with one attached hydrogen (secondary N) is 2. The largest absolute Gasteiger partial charge is 0.454 e. The molecule has 2 N–H and O–H groups in total. The minimum atomic E-state index is -0.298. The van der Waals surface area contributed by atoms with Crippen molar-refractivity contribution in [2.24, 2.45) is 0 Å². The van der Waals surface area contributed by atoms with Gasteiger partial charge in [0.1, 0.15) is 0 Å². The van der Waals surface area contributed by atoms with Crippen LogP contribution in [0.5, 0.6) is 11.5 Å². The van der Waals surface area contributed by atoms with E-state index in [4.69, 9.17) is 21.1 Å². The maximum absolute atomic E-state index is 12.0. The normalized spacial score (nSPS) is 14.9. The zero-order chi connectivity index (χ0) is 15.6. The van der Waals surface area contributed by atoms with Crippen LogP contribution in [0.1, 0.15) is 33.3 Å². The highest BCUT2D eigenvalue weighted by Crippen LogP contribution is 2.39. The molecule has 5 nitrogen and oxygen atoms in total. The summed E-state index contributed by atoms with van der Waals surface area (Å²) in [6.07, 6.45) is 0. The van der Waals surface area contributed by atoms with Gasteiger partial charge in [-0.1, -0.05) is 11.6 Å². The number of rotatable bonds is 4. The summed E-state index contributed by atoms with van der Waals surface area (Å²) in [6.45, 7) is 8.40. The fourth-order valence-corrected chi connectivity index (χ4v) is 2.25. The number of fused-ring (bicyclic) bond motifs is 1. The second-order valence-corrected chi connectivity index (χ2v) is 6.56. The van der Waals surface area contributed by atoms with Crippen molar-refractivity contribution in [1.82, 2.24) is 10.6 Å². The third-order valence-electron chi connectivity index (χ3n) is 2.99. The van der Waals surface area contributed by atoms with Crippen LogP contribution in [-0.2, 0) is 11.3 Å². The molecule has 0 saturated carbocycles. The minimum Gasteiger partial charge on any atom is -0.454 e. The predicted molar refractivity (Wildman–Crippen MR) is 81.8 cm³/mol. The molecule has 116 valence electrons. The van der Waals surface area contributed by atoms with Crippen molar-refractivity contribution in [3.05, 3.63) is 22.7 Å². The molecule has 2 rings (SSSR count). The highest BCUT2D eigenvalue weighted by atomic mass is 35.5. The maximum atomic E-state index is 12.0. The summed E-state index contributed by atoms with van der Waals surface area (Å²) in [7, 11) is 0. The van der Waals surface area contributed by atoms with E-state index in [1.807, 2.05) is 39.8 Å². The average molecular weight is 313 g/mol. The molecule has 1 unspecified atom stereocenters. The maximum Gasteiger partial charge on any atom is 0.237 e. The second-order valence-electron chi connectivity index (χ2n) is 6.15. The zero-order valence-corrected chi connectivity index (χ0v) is 13.5. The summed E-state index contributed by atoms with van der Waals surface area (Å²) in [6, 6.07) is 3.39. The number of halogens is 1. The molecule has 0 aliphatic carbocycles. The van der Waals surface area contributed by atoms with Gasteiger partial charge >= 0.3 is 0 Å². The molecule has 0 bridgehead atoms. The summed E-state index contributed by atoms with van der Waals surface area (Å²) in [5, 5.41) is 6.63. The van der Waals surface area contributed by atoms with Gasteiger partial charge < -0.3 is 20.1 Å². The van der Waals surface area contributed by atoms with Crippen LogP contribution in [0, 0.1) is 0 Å². The molecule has 21 heavy (non-hydrogen) atoms. The van der Waals surface area contributed by atoms with Gasteiger partial charge in [-0.3, -0.25) is 4.79 Å². The van der Waals surface area contributed by atoms with Crippen molar-refractivity contribution in [2.75, 3.05) is 6.79 Å². The van der Waals surface area contributed by atoms with Gasteiger partial charge in [-0.2, -0.15) is 0 Å². The van der Waals surface area contributed by atoms with Crippen LogP contribution in [0.4, 0.5) is 0 Å². The van der Waals surface area contributed by atoms with Crippen molar-refractivity contribution in [2.45, 2.75) is 45.8 Å². The number of hydrogen-bond acceptors (Lipinski definition) is 4. The Kier molecular flexibility index (Phi) is 4.64. The van der Waals surface area contributed by atoms with Crippen molar-refractivity contribution >= 4 is 17.5 Å². The third-order valence-corrected chi connectivity index (χ3v) is 3.27. The Bertz CT molecular complexity index is 540. The molecule has 0 saturated heterocycles. The predicted octanol–water partition coefficient (Wildman–Crippen LogP) is 2.46. The lowest BCUT2D eigenvalue weighted by Crippen LogP contribution is -2.49. The van der Waals surface area contributed by atoms with Gasteiger partial charge in [0.15, 0.2) is 11.5 Å². The van der Waals surface area contributed by atoms with Crippen LogP contribution in [0.15, 0.2) is 12.1 Å². The van der Waals surface area contributed by atoms with E-state index in [1.54, 1.807) is 0 Å². The number of carbonyl (C=O) groups is 1. The van der Waals surface area contributed by atoms with Crippen LogP contribution in [-0.4, -0.2) is 24.3 Å². The van der Waals surface area contributed by atoms with Crippen molar-refractivity contribution in [3.63, 3.8) is 0 Å². The lowest BCUT2D eigenvalue weighted by Gasteiger charge is -2.23. The molecular formula is C15H21ClN2O3. The van der Waals surface area contributed by atoms with Crippen LogP contribution >= 0.6 is 11.6 Å². The standard InChI is InChI=1S/C15H21ClN2O3/c1-9(14(19)18-15(2,3)4)17-7-10-5-11(16)13-12(6-10)20-8-21-13/h5-6,9,17H,7-8H2,1-4H3,(H,18,19). The van der Waals surface area contributed by atoms with E-state index < -0.39 is 0 Å². The van der Waals surface area contributed by atoms with E-state index in [0.29, 0.717) is 23.1 Å². The molecule has 1 amide bonds. The average Bonchev–Trinajstić information content (AvgIpc) is 2.82. The first-order valence-corrected chi connectivity index (χ1v) is 7.27. The molecule has 6 heteroatoms. The van der Waals surface area contributed by atoms with Gasteiger partial charge in [-0.15, -0.1) is 0 Å². The quantitative estimate of drug-likeness (QED) is 0.896. The number of carbonyl (C=O) groups excluding carboxylic acids is 1. The Morgan fingerprint density at radius 2 is 2.10 bits per heavy atom. The second kappa shape index (κ2) is 6.12. The van der Waals surface area contributed by atoms with E-state index in [1.165, 1.54) is 0 Å². The number of benzene rings is 1. The molecule has 1 aliphatic rings. The van der Waals surface area contributed by atoms with Crippen molar-refractivity contribution in [3.8, 4) is 11.5 Å². The number of hydrogen-bond donors (Lipinski definition) is 2. The molecule has 0 radical (unpaired) electrons. The third kappa shape index (κ3) is 4.25. The van der Waals surface area contributed by atoms with Gasteiger partial charge in [0.05, 0.1) is 11.1 Å². The Balaban J connectivity index is 1.94. The molecular weight excluding hydrogens is 292 g/mol. The van der Waals surface area contributed by atoms with E-state index in [0.717, 1.165) is 5.56 Å². The van der Waals surface area contributed by atoms with Gasteiger partial charge in [-0.25, -0.2) is 0 Å². The summed E-state index contributed by atoms with van der Waals surface area (Å²) >= 11 is 6.13. The van der Waals surface area contributed by atoms with Crippen molar-refractivity contribution < 1.29 is 14.3 Å². The van der Waals surface area contributed by atoms with Gasteiger partial charge in [-0.05, 0) is 45.4 Å². The lowest BCUT2D eigenvalue weighted by atomic mass is 10.1. The van der Waals surface area contributed by atoms with Gasteiger partial charge in [0, 0.05) is 12.1 Å². The first kappa shape index (κ1) is 15.9. The van der Waals surface area contributed by atoms with Gasteiger partial charge in [0.2, 0.25) is 12.7 Å². The zero-order valence-electron chi connectivity index (χ0n) is 12.7. The van der Waals surface area contributed by atoms with E-state index in [9.17, 15) is 4.79 Å². The van der Waals surface area contributed by atoms with E-state index in [2.05, 4.69) is 10.6 Å². The van der Waals surface area contributed by atoms with Crippen LogP contribution in [0.2, 0.25) is 5.02 Å². The highest BCUT2D eigenvalue weighted by Gasteiger charge is 2.20. The Morgan fingerprint density at radius 3 is 2.76 bits per heavy atom. The summed E-state index contributed by atoms with van der Waals surface area (Å²) in [5.74, 6) is 1.19. The van der Waals surface area contributed by atoms with E-state index >= 15 is 0 Å².